The van der Waals surface area contributed by atoms with E-state index in [0.717, 1.165) is 0 Å². The molecule has 0 saturated heterocycles. The van der Waals surface area contributed by atoms with Crippen molar-refractivity contribution < 1.29 is 4.79 Å². The Morgan fingerprint density at radius 2 is 2.08 bits per heavy atom. The highest BCUT2D eigenvalue weighted by Gasteiger charge is 2.35. The van der Waals surface area contributed by atoms with Crippen molar-refractivity contribution >= 4 is 40.0 Å². The Bertz CT molecular complexity index is 286. The maximum Gasteiger partial charge on any atom is 0.264 e. The molecule has 1 aromatic rings. The van der Waals surface area contributed by atoms with Crippen LogP contribution in [0.3, 0.4) is 0 Å². The van der Waals surface area contributed by atoms with Crippen molar-refractivity contribution in [1.29, 1.82) is 0 Å². The van der Waals surface area contributed by atoms with Crippen molar-refractivity contribution in [3.8, 4) is 0 Å². The van der Waals surface area contributed by atoms with Gasteiger partial charge in [0.05, 0.1) is 5.69 Å². The Morgan fingerprint density at radius 3 is 2.50 bits per heavy atom. The van der Waals surface area contributed by atoms with E-state index in [9.17, 15) is 4.79 Å². The van der Waals surface area contributed by atoms with Gasteiger partial charge in [0.1, 0.15) is 0 Å². The van der Waals surface area contributed by atoms with Crippen molar-refractivity contribution in [1.82, 2.24) is 4.98 Å². The molecule has 0 aromatic carbocycles. The molecule has 0 fully saturated rings. The second kappa shape index (κ2) is 3.60. The average molecular weight is 224 g/mol. The molecule has 0 amide bonds. The molecule has 0 unspecified atom stereocenters. The zero-order chi connectivity index (χ0) is 9.19. The fourth-order valence-electron chi connectivity index (χ4n) is 0.649. The van der Waals surface area contributed by atoms with Crippen molar-refractivity contribution in [3.63, 3.8) is 0 Å². The highest BCUT2D eigenvalue weighted by atomic mass is 35.5. The zero-order valence-corrected chi connectivity index (χ0v) is 8.07. The summed E-state index contributed by atoms with van der Waals surface area (Å²) < 4.78 is -1.75. The molecule has 0 N–H and O–H groups in total. The molecule has 0 radical (unpaired) electrons. The fraction of sp³-hybridized carbons (Fsp3) is 0.143. The highest BCUT2D eigenvalue weighted by molar-refractivity contribution is 6.77. The maximum absolute atomic E-state index is 10.7. The summed E-state index contributed by atoms with van der Waals surface area (Å²) in [5.74, 6) is 0. The Labute approximate surface area is 84.5 Å². The van der Waals surface area contributed by atoms with E-state index in [1.807, 2.05) is 0 Å². The summed E-state index contributed by atoms with van der Waals surface area (Å²) in [6.07, 6.45) is 1.48. The van der Waals surface area contributed by atoms with Crippen LogP contribution >= 0.6 is 34.8 Å². The number of hydrogen-bond donors (Lipinski definition) is 0. The van der Waals surface area contributed by atoms with Crippen LogP contribution < -0.4 is 0 Å². The molecule has 0 aliphatic rings. The lowest BCUT2D eigenvalue weighted by Gasteiger charge is -2.12. The van der Waals surface area contributed by atoms with Crippen molar-refractivity contribution in [2.45, 2.75) is 4.33 Å². The van der Waals surface area contributed by atoms with Crippen molar-refractivity contribution in [2.24, 2.45) is 0 Å². The first kappa shape index (κ1) is 9.78. The second-order valence-corrected chi connectivity index (χ2v) is 3.73. The number of alkyl halides is 2. The summed E-state index contributed by atoms with van der Waals surface area (Å²) >= 11 is 16.4. The van der Waals surface area contributed by atoms with Gasteiger partial charge in [-0.3, -0.25) is 9.78 Å². The number of pyridine rings is 1. The van der Waals surface area contributed by atoms with Crippen LogP contribution in [-0.2, 0) is 9.13 Å². The van der Waals surface area contributed by atoms with Crippen molar-refractivity contribution in [2.75, 3.05) is 0 Å². The minimum atomic E-state index is -1.75. The second-order valence-electron chi connectivity index (χ2n) is 2.06. The van der Waals surface area contributed by atoms with Gasteiger partial charge < -0.3 is 0 Å². The molecule has 0 saturated carbocycles. The van der Waals surface area contributed by atoms with Crippen LogP contribution in [0, 0.1) is 0 Å². The third-order valence-electron chi connectivity index (χ3n) is 1.23. The molecular weight excluding hydrogens is 220 g/mol. The minimum absolute atomic E-state index is 0.230. The summed E-state index contributed by atoms with van der Waals surface area (Å²) in [6.45, 7) is 0. The van der Waals surface area contributed by atoms with E-state index in [-0.39, 0.29) is 5.69 Å². The standard InChI is InChI=1S/C7H4Cl3NO/c8-6(12)7(9,10)5-3-1-2-4-11-5/h1-4H. The molecule has 0 bridgehead atoms. The highest BCUT2D eigenvalue weighted by Crippen LogP contribution is 2.34. The van der Waals surface area contributed by atoms with Gasteiger partial charge in [-0.15, -0.1) is 0 Å². The molecule has 12 heavy (non-hydrogen) atoms. The lowest BCUT2D eigenvalue weighted by atomic mass is 10.3. The van der Waals surface area contributed by atoms with Gasteiger partial charge in [0.15, 0.2) is 0 Å². The third-order valence-corrected chi connectivity index (χ3v) is 2.44. The number of carbonyl (C=O) groups is 1. The van der Waals surface area contributed by atoms with Gasteiger partial charge in [0.25, 0.3) is 5.24 Å². The topological polar surface area (TPSA) is 30.0 Å². The summed E-state index contributed by atoms with van der Waals surface area (Å²) in [5.41, 5.74) is 0.230. The van der Waals surface area contributed by atoms with E-state index in [2.05, 4.69) is 4.98 Å². The molecule has 1 aromatic heterocycles. The monoisotopic (exact) mass is 223 g/mol. The summed E-state index contributed by atoms with van der Waals surface area (Å²) in [6, 6.07) is 4.88. The van der Waals surface area contributed by atoms with Gasteiger partial charge in [-0.2, -0.15) is 0 Å². The molecular formula is C7H4Cl3NO. The molecule has 0 aliphatic carbocycles. The van der Waals surface area contributed by atoms with E-state index < -0.39 is 9.58 Å². The summed E-state index contributed by atoms with van der Waals surface area (Å²) in [4.78, 5) is 14.5. The van der Waals surface area contributed by atoms with E-state index in [1.54, 1.807) is 12.1 Å². The van der Waals surface area contributed by atoms with Crippen molar-refractivity contribution in [3.05, 3.63) is 30.1 Å². The SMILES string of the molecule is O=C(Cl)C(Cl)(Cl)c1ccccn1. The van der Waals surface area contributed by atoms with Crippen LogP contribution in [-0.4, -0.2) is 10.2 Å². The number of hydrogen-bond acceptors (Lipinski definition) is 2. The van der Waals surface area contributed by atoms with Crippen LogP contribution in [0.5, 0.6) is 0 Å². The van der Waals surface area contributed by atoms with E-state index in [0.29, 0.717) is 0 Å². The van der Waals surface area contributed by atoms with Gasteiger partial charge in [-0.1, -0.05) is 29.3 Å². The Kier molecular flexibility index (Phi) is 2.94. The van der Waals surface area contributed by atoms with Gasteiger partial charge in [-0.25, -0.2) is 0 Å². The number of nitrogens with zero attached hydrogens (tertiary/aromatic N) is 1. The summed E-state index contributed by atoms with van der Waals surface area (Å²) in [7, 11) is 0. The molecule has 0 atom stereocenters. The smallest absolute Gasteiger partial charge is 0.264 e. The first-order valence-corrected chi connectivity index (χ1v) is 4.18. The predicted molar refractivity (Wildman–Crippen MR) is 48.5 cm³/mol. The first-order valence-electron chi connectivity index (χ1n) is 3.04. The predicted octanol–water partition coefficient (Wildman–Crippen LogP) is 2.48. The van der Waals surface area contributed by atoms with E-state index >= 15 is 0 Å². The number of aromatic nitrogens is 1. The Morgan fingerprint density at radius 1 is 1.42 bits per heavy atom. The average Bonchev–Trinajstić information content (AvgIpc) is 2.06. The van der Waals surface area contributed by atoms with E-state index in [4.69, 9.17) is 34.8 Å². The minimum Gasteiger partial charge on any atom is -0.277 e. The summed E-state index contributed by atoms with van der Waals surface area (Å²) in [5, 5.41) is -0.857. The van der Waals surface area contributed by atoms with E-state index in [1.165, 1.54) is 12.3 Å². The Hall–Kier alpha value is -0.310. The largest absolute Gasteiger partial charge is 0.277 e. The fourth-order valence-corrected chi connectivity index (χ4v) is 0.970. The lowest BCUT2D eigenvalue weighted by Crippen LogP contribution is -2.19. The van der Waals surface area contributed by atoms with Gasteiger partial charge >= 0.3 is 0 Å². The van der Waals surface area contributed by atoms with Crippen LogP contribution in [0.4, 0.5) is 0 Å². The van der Waals surface area contributed by atoms with Crippen LogP contribution in [0.25, 0.3) is 0 Å². The third kappa shape index (κ3) is 1.89. The number of carbonyl (C=O) groups excluding carboxylic acids is 1. The number of rotatable bonds is 2. The van der Waals surface area contributed by atoms with Gasteiger partial charge in [0, 0.05) is 6.20 Å². The molecule has 1 rings (SSSR count). The van der Waals surface area contributed by atoms with Crippen LogP contribution in [0.2, 0.25) is 0 Å². The molecule has 0 aliphatic heterocycles. The first-order chi connectivity index (χ1) is 5.55. The molecule has 5 heteroatoms. The van der Waals surface area contributed by atoms with Gasteiger partial charge in [0.2, 0.25) is 4.33 Å². The lowest BCUT2D eigenvalue weighted by molar-refractivity contribution is -0.112. The molecule has 2 nitrogen and oxygen atoms in total. The Balaban J connectivity index is 3.06. The molecule has 64 valence electrons. The maximum atomic E-state index is 10.7. The zero-order valence-electron chi connectivity index (χ0n) is 5.80. The molecule has 0 spiro atoms. The van der Waals surface area contributed by atoms with Gasteiger partial charge in [-0.05, 0) is 23.7 Å². The normalized spacial score (nSPS) is 11.2. The van der Waals surface area contributed by atoms with Crippen LogP contribution in [0.1, 0.15) is 5.69 Å². The number of halogens is 3. The molecule has 1 heterocycles. The quantitative estimate of drug-likeness (QED) is 0.571. The van der Waals surface area contributed by atoms with Crippen LogP contribution in [0.15, 0.2) is 24.4 Å².